The predicted molar refractivity (Wildman–Crippen MR) is 90.4 cm³/mol. The molecule has 0 radical (unpaired) electrons. The van der Waals surface area contributed by atoms with Crippen LogP contribution in [0, 0.1) is 3.57 Å². The Kier molecular flexibility index (Phi) is 4.14. The van der Waals surface area contributed by atoms with Crippen LogP contribution in [0.5, 0.6) is 0 Å². The molecule has 1 saturated carbocycles. The van der Waals surface area contributed by atoms with Crippen LogP contribution >= 0.6 is 22.6 Å². The van der Waals surface area contributed by atoms with Crippen molar-refractivity contribution in [1.82, 2.24) is 19.7 Å². The summed E-state index contributed by atoms with van der Waals surface area (Å²) in [6, 6.07) is 0.295. The van der Waals surface area contributed by atoms with Gasteiger partial charge in [0.1, 0.15) is 5.82 Å². The van der Waals surface area contributed by atoms with Crippen LogP contribution in [0.25, 0.3) is 11.4 Å². The maximum absolute atomic E-state index is 12.2. The number of hydrogen-bond donors (Lipinski definition) is 1. The van der Waals surface area contributed by atoms with Gasteiger partial charge in [0.15, 0.2) is 0 Å². The van der Waals surface area contributed by atoms with Crippen LogP contribution in [0.2, 0.25) is 0 Å². The average Bonchev–Trinajstić information content (AvgIpc) is 3.11. The average molecular weight is 398 g/mol. The van der Waals surface area contributed by atoms with Gasteiger partial charge in [-0.25, -0.2) is 4.98 Å². The zero-order valence-corrected chi connectivity index (χ0v) is 14.4. The topological polar surface area (TPSA) is 63.6 Å². The summed E-state index contributed by atoms with van der Waals surface area (Å²) in [6.45, 7) is 4.15. The Hall–Kier alpha value is -1.18. The van der Waals surface area contributed by atoms with Gasteiger partial charge in [-0.3, -0.25) is 9.48 Å². The van der Waals surface area contributed by atoms with E-state index in [1.54, 1.807) is 6.20 Å². The lowest BCUT2D eigenvalue weighted by molar-refractivity contribution is 0.532. The summed E-state index contributed by atoms with van der Waals surface area (Å²) in [6.07, 6.45) is 8.44. The highest BCUT2D eigenvalue weighted by atomic mass is 127. The summed E-state index contributed by atoms with van der Waals surface area (Å²) in [5, 5.41) is 4.32. The summed E-state index contributed by atoms with van der Waals surface area (Å²) < 4.78 is 2.61. The van der Waals surface area contributed by atoms with Crippen molar-refractivity contribution in [2.24, 2.45) is 0 Å². The van der Waals surface area contributed by atoms with Crippen molar-refractivity contribution >= 4 is 22.6 Å². The van der Waals surface area contributed by atoms with Gasteiger partial charge in [-0.2, -0.15) is 5.10 Å². The van der Waals surface area contributed by atoms with Crippen LogP contribution in [-0.2, 0) is 0 Å². The lowest BCUT2D eigenvalue weighted by atomic mass is 10.0. The zero-order valence-electron chi connectivity index (χ0n) is 12.3. The molecule has 2 aromatic rings. The monoisotopic (exact) mass is 398 g/mol. The highest BCUT2D eigenvalue weighted by Crippen LogP contribution is 2.34. The lowest BCUT2D eigenvalue weighted by Gasteiger charge is -2.11. The summed E-state index contributed by atoms with van der Waals surface area (Å²) >= 11 is 2.12. The fraction of sp³-hybridized carbons (Fsp3) is 0.533. The molecule has 1 aliphatic rings. The fourth-order valence-corrected chi connectivity index (χ4v) is 3.52. The van der Waals surface area contributed by atoms with Gasteiger partial charge in [0, 0.05) is 18.2 Å². The molecule has 1 aliphatic carbocycles. The molecule has 0 bridgehead atoms. The van der Waals surface area contributed by atoms with E-state index in [0.717, 1.165) is 27.7 Å². The molecule has 6 heteroatoms. The van der Waals surface area contributed by atoms with Crippen LogP contribution in [0.1, 0.15) is 57.2 Å². The molecule has 21 heavy (non-hydrogen) atoms. The minimum Gasteiger partial charge on any atom is -0.306 e. The molecule has 0 saturated heterocycles. The minimum absolute atomic E-state index is 0.0419. The number of hydrogen-bond acceptors (Lipinski definition) is 3. The SMILES string of the molecule is CC(C)n1cc(-c2nc(C3CCCC3)c(I)c(=O)[nH]2)cn1. The first-order valence-electron chi connectivity index (χ1n) is 7.40. The molecule has 1 fully saturated rings. The molecule has 112 valence electrons. The number of H-pyrrole nitrogens is 1. The Morgan fingerprint density at radius 2 is 2.10 bits per heavy atom. The standard InChI is InChI=1S/C15H19IN4O/c1-9(2)20-8-11(7-17-20)14-18-13(10-5-3-4-6-10)12(16)15(21)19-14/h7-10H,3-6H2,1-2H3,(H,18,19,21). The van der Waals surface area contributed by atoms with Gasteiger partial charge in [-0.05, 0) is 49.3 Å². The van der Waals surface area contributed by atoms with Crippen molar-refractivity contribution in [3.05, 3.63) is 32.0 Å². The van der Waals surface area contributed by atoms with E-state index in [1.165, 1.54) is 12.8 Å². The predicted octanol–water partition coefficient (Wildman–Crippen LogP) is 3.48. The van der Waals surface area contributed by atoms with E-state index in [0.29, 0.717) is 17.8 Å². The van der Waals surface area contributed by atoms with E-state index in [-0.39, 0.29) is 5.56 Å². The van der Waals surface area contributed by atoms with Gasteiger partial charge >= 0.3 is 0 Å². The minimum atomic E-state index is -0.0419. The molecule has 0 amide bonds. The molecule has 1 N–H and O–H groups in total. The zero-order chi connectivity index (χ0) is 15.0. The van der Waals surface area contributed by atoms with Crippen LogP contribution in [-0.4, -0.2) is 19.7 Å². The maximum atomic E-state index is 12.2. The molecule has 0 aromatic carbocycles. The van der Waals surface area contributed by atoms with E-state index in [1.807, 2.05) is 10.9 Å². The smallest absolute Gasteiger partial charge is 0.264 e. The van der Waals surface area contributed by atoms with Gasteiger partial charge in [0.2, 0.25) is 0 Å². The normalized spacial score (nSPS) is 16.0. The number of aromatic amines is 1. The third-order valence-electron chi connectivity index (χ3n) is 4.03. The van der Waals surface area contributed by atoms with Crippen molar-refractivity contribution in [3.8, 4) is 11.4 Å². The van der Waals surface area contributed by atoms with Gasteiger partial charge in [0.25, 0.3) is 5.56 Å². The Morgan fingerprint density at radius 3 is 2.71 bits per heavy atom. The molecule has 5 nitrogen and oxygen atoms in total. The third-order valence-corrected chi connectivity index (χ3v) is 5.08. The van der Waals surface area contributed by atoms with Gasteiger partial charge in [0.05, 0.1) is 21.0 Å². The molecular weight excluding hydrogens is 379 g/mol. The lowest BCUT2D eigenvalue weighted by Crippen LogP contribution is -2.17. The second kappa shape index (κ2) is 5.90. The van der Waals surface area contributed by atoms with Crippen LogP contribution in [0.15, 0.2) is 17.2 Å². The number of nitrogens with zero attached hydrogens (tertiary/aromatic N) is 3. The maximum Gasteiger partial charge on any atom is 0.264 e. The van der Waals surface area contributed by atoms with Gasteiger partial charge in [-0.15, -0.1) is 0 Å². The Labute approximate surface area is 137 Å². The molecule has 0 spiro atoms. The highest BCUT2D eigenvalue weighted by Gasteiger charge is 2.23. The second-order valence-corrected chi connectivity index (χ2v) is 6.98. The molecule has 0 aliphatic heterocycles. The molecular formula is C15H19IN4O. The van der Waals surface area contributed by atoms with Gasteiger partial charge in [-0.1, -0.05) is 12.8 Å². The molecule has 3 rings (SSSR count). The van der Waals surface area contributed by atoms with Crippen LogP contribution < -0.4 is 5.56 Å². The van der Waals surface area contributed by atoms with E-state index in [2.05, 4.69) is 46.5 Å². The number of rotatable bonds is 3. The van der Waals surface area contributed by atoms with Crippen molar-refractivity contribution in [2.75, 3.05) is 0 Å². The van der Waals surface area contributed by atoms with E-state index >= 15 is 0 Å². The quantitative estimate of drug-likeness (QED) is 0.806. The molecule has 2 aromatic heterocycles. The largest absolute Gasteiger partial charge is 0.306 e. The first kappa shape index (κ1) is 14.7. The first-order chi connectivity index (χ1) is 10.1. The van der Waals surface area contributed by atoms with Crippen LogP contribution in [0.4, 0.5) is 0 Å². The summed E-state index contributed by atoms with van der Waals surface area (Å²) in [5.41, 5.74) is 1.79. The summed E-state index contributed by atoms with van der Waals surface area (Å²) in [5.74, 6) is 1.06. The van der Waals surface area contributed by atoms with E-state index in [9.17, 15) is 4.79 Å². The number of aromatic nitrogens is 4. The highest BCUT2D eigenvalue weighted by molar-refractivity contribution is 14.1. The Morgan fingerprint density at radius 1 is 1.38 bits per heavy atom. The first-order valence-corrected chi connectivity index (χ1v) is 8.48. The van der Waals surface area contributed by atoms with Crippen LogP contribution in [0.3, 0.4) is 0 Å². The second-order valence-electron chi connectivity index (χ2n) is 5.90. The summed E-state index contributed by atoms with van der Waals surface area (Å²) in [7, 11) is 0. The number of halogens is 1. The van der Waals surface area contributed by atoms with Crippen molar-refractivity contribution in [1.29, 1.82) is 0 Å². The van der Waals surface area contributed by atoms with Crippen molar-refractivity contribution in [2.45, 2.75) is 51.5 Å². The molecule has 0 unspecified atom stereocenters. The van der Waals surface area contributed by atoms with Crippen molar-refractivity contribution in [3.63, 3.8) is 0 Å². The Bertz CT molecular complexity index is 698. The van der Waals surface area contributed by atoms with Gasteiger partial charge < -0.3 is 4.98 Å². The molecule has 2 heterocycles. The van der Waals surface area contributed by atoms with Crippen molar-refractivity contribution < 1.29 is 0 Å². The number of nitrogens with one attached hydrogen (secondary N) is 1. The van der Waals surface area contributed by atoms with E-state index in [4.69, 9.17) is 4.98 Å². The Balaban J connectivity index is 2.04. The summed E-state index contributed by atoms with van der Waals surface area (Å²) in [4.78, 5) is 19.8. The van der Waals surface area contributed by atoms with E-state index < -0.39 is 0 Å². The molecule has 0 atom stereocenters. The third kappa shape index (κ3) is 2.90. The fourth-order valence-electron chi connectivity index (χ4n) is 2.83.